The van der Waals surface area contributed by atoms with Gasteiger partial charge in [-0.1, -0.05) is 6.07 Å². The van der Waals surface area contributed by atoms with E-state index in [-0.39, 0.29) is 0 Å². The van der Waals surface area contributed by atoms with E-state index in [2.05, 4.69) is 36.3 Å². The molecule has 4 heteroatoms. The fourth-order valence-electron chi connectivity index (χ4n) is 3.01. The summed E-state index contributed by atoms with van der Waals surface area (Å²) in [7, 11) is 5.57. The first-order chi connectivity index (χ1) is 10.1. The van der Waals surface area contributed by atoms with Crippen molar-refractivity contribution in [1.82, 2.24) is 10.2 Å². The highest BCUT2D eigenvalue weighted by atomic mass is 16.5. The molecule has 0 bridgehead atoms. The van der Waals surface area contributed by atoms with Crippen molar-refractivity contribution in [3.8, 4) is 11.5 Å². The molecule has 0 aromatic heterocycles. The van der Waals surface area contributed by atoms with Gasteiger partial charge in [-0.05, 0) is 57.5 Å². The molecule has 4 nitrogen and oxygen atoms in total. The molecule has 0 spiro atoms. The highest BCUT2D eigenvalue weighted by Crippen LogP contribution is 2.28. The number of benzene rings is 1. The van der Waals surface area contributed by atoms with E-state index < -0.39 is 0 Å². The molecule has 1 aromatic rings. The van der Waals surface area contributed by atoms with Gasteiger partial charge >= 0.3 is 0 Å². The lowest BCUT2D eigenvalue weighted by molar-refractivity contribution is 0.293. The van der Waals surface area contributed by atoms with Crippen LogP contribution in [0.5, 0.6) is 11.5 Å². The molecule has 1 saturated heterocycles. The highest BCUT2D eigenvalue weighted by molar-refractivity contribution is 5.43. The van der Waals surface area contributed by atoms with Gasteiger partial charge in [-0.15, -0.1) is 0 Å². The Bertz CT molecular complexity index is 450. The lowest BCUT2D eigenvalue weighted by Gasteiger charge is -2.22. The van der Waals surface area contributed by atoms with Gasteiger partial charge in [-0.25, -0.2) is 0 Å². The standard InChI is InChI=1S/C17H28N2O2/c1-13(18-12-15-6-5-9-19(15)2)10-14-7-8-16(20-3)17(11-14)21-4/h7-8,11,13,15,18H,5-6,9-10,12H2,1-4H3. The maximum Gasteiger partial charge on any atom is 0.160 e. The fourth-order valence-corrected chi connectivity index (χ4v) is 3.01. The van der Waals surface area contributed by atoms with E-state index in [9.17, 15) is 0 Å². The maximum absolute atomic E-state index is 5.36. The van der Waals surface area contributed by atoms with E-state index >= 15 is 0 Å². The average molecular weight is 292 g/mol. The number of hydrogen-bond donors (Lipinski definition) is 1. The number of methoxy groups -OCH3 is 2. The van der Waals surface area contributed by atoms with Gasteiger partial charge in [0.2, 0.25) is 0 Å². The number of hydrogen-bond acceptors (Lipinski definition) is 4. The number of likely N-dealkylation sites (N-methyl/N-ethyl adjacent to an activating group) is 1. The zero-order chi connectivity index (χ0) is 15.2. The van der Waals surface area contributed by atoms with Crippen molar-refractivity contribution in [3.63, 3.8) is 0 Å². The van der Waals surface area contributed by atoms with Crippen LogP contribution in [-0.4, -0.2) is 51.3 Å². The molecule has 1 aliphatic heterocycles. The highest BCUT2D eigenvalue weighted by Gasteiger charge is 2.20. The number of likely N-dealkylation sites (tertiary alicyclic amines) is 1. The molecular formula is C17H28N2O2. The van der Waals surface area contributed by atoms with Crippen LogP contribution >= 0.6 is 0 Å². The second-order valence-corrected chi connectivity index (χ2v) is 5.98. The molecule has 2 rings (SSSR count). The number of nitrogens with zero attached hydrogens (tertiary/aromatic N) is 1. The molecule has 0 saturated carbocycles. The Kier molecular flexibility index (Phi) is 5.88. The largest absolute Gasteiger partial charge is 0.493 e. The minimum Gasteiger partial charge on any atom is -0.493 e. The third-order valence-electron chi connectivity index (χ3n) is 4.36. The average Bonchev–Trinajstić information content (AvgIpc) is 2.90. The zero-order valence-corrected chi connectivity index (χ0v) is 13.7. The van der Waals surface area contributed by atoms with Crippen molar-refractivity contribution in [2.75, 3.05) is 34.4 Å². The van der Waals surface area contributed by atoms with Gasteiger partial charge < -0.3 is 19.7 Å². The van der Waals surface area contributed by atoms with Crippen molar-refractivity contribution in [2.45, 2.75) is 38.3 Å². The lowest BCUT2D eigenvalue weighted by atomic mass is 10.1. The fraction of sp³-hybridized carbons (Fsp3) is 0.647. The van der Waals surface area contributed by atoms with E-state index in [1.54, 1.807) is 14.2 Å². The lowest BCUT2D eigenvalue weighted by Crippen LogP contribution is -2.40. The first-order valence-electron chi connectivity index (χ1n) is 7.78. The summed E-state index contributed by atoms with van der Waals surface area (Å²) >= 11 is 0. The SMILES string of the molecule is COc1ccc(CC(C)NCC2CCCN2C)cc1OC. The van der Waals surface area contributed by atoms with Gasteiger partial charge in [0.05, 0.1) is 14.2 Å². The van der Waals surface area contributed by atoms with Gasteiger partial charge in [0.15, 0.2) is 11.5 Å². The molecule has 0 amide bonds. The number of rotatable bonds is 7. The molecule has 0 radical (unpaired) electrons. The summed E-state index contributed by atoms with van der Waals surface area (Å²) in [6.45, 7) is 4.55. The smallest absolute Gasteiger partial charge is 0.160 e. The predicted octanol–water partition coefficient (Wildman–Crippen LogP) is 2.32. The number of ether oxygens (including phenoxy) is 2. The molecule has 118 valence electrons. The van der Waals surface area contributed by atoms with Gasteiger partial charge in [0.25, 0.3) is 0 Å². The minimum atomic E-state index is 0.456. The van der Waals surface area contributed by atoms with Crippen molar-refractivity contribution in [1.29, 1.82) is 0 Å². The Labute approximate surface area is 128 Å². The summed E-state index contributed by atoms with van der Waals surface area (Å²) in [6, 6.07) is 7.31. The van der Waals surface area contributed by atoms with Gasteiger partial charge in [-0.2, -0.15) is 0 Å². The van der Waals surface area contributed by atoms with Crippen LogP contribution in [0.3, 0.4) is 0 Å². The Morgan fingerprint density at radius 3 is 2.67 bits per heavy atom. The predicted molar refractivity (Wildman–Crippen MR) is 86.4 cm³/mol. The summed E-state index contributed by atoms with van der Waals surface area (Å²) in [5, 5.41) is 3.66. The molecule has 1 aromatic carbocycles. The molecule has 2 unspecified atom stereocenters. The van der Waals surface area contributed by atoms with Gasteiger partial charge in [0, 0.05) is 18.6 Å². The van der Waals surface area contributed by atoms with Crippen LogP contribution < -0.4 is 14.8 Å². The van der Waals surface area contributed by atoms with Crippen LogP contribution in [0.25, 0.3) is 0 Å². The topological polar surface area (TPSA) is 33.7 Å². The second-order valence-electron chi connectivity index (χ2n) is 5.98. The van der Waals surface area contributed by atoms with Crippen LogP contribution in [0, 0.1) is 0 Å². The second kappa shape index (κ2) is 7.66. The molecular weight excluding hydrogens is 264 g/mol. The Morgan fingerprint density at radius 1 is 1.29 bits per heavy atom. The van der Waals surface area contributed by atoms with Gasteiger partial charge in [0.1, 0.15) is 0 Å². The summed E-state index contributed by atoms with van der Waals surface area (Å²) in [6.07, 6.45) is 3.64. The zero-order valence-electron chi connectivity index (χ0n) is 13.7. The van der Waals surface area contributed by atoms with Crippen LogP contribution in [-0.2, 0) is 6.42 Å². The molecule has 21 heavy (non-hydrogen) atoms. The first kappa shape index (κ1) is 16.1. The van der Waals surface area contributed by atoms with Crippen LogP contribution in [0.15, 0.2) is 18.2 Å². The molecule has 0 aliphatic carbocycles. The van der Waals surface area contributed by atoms with Gasteiger partial charge in [-0.3, -0.25) is 0 Å². The summed E-state index contributed by atoms with van der Waals surface area (Å²) in [5.41, 5.74) is 1.27. The Balaban J connectivity index is 1.85. The van der Waals surface area contributed by atoms with E-state index in [4.69, 9.17) is 9.47 Å². The summed E-state index contributed by atoms with van der Waals surface area (Å²) in [4.78, 5) is 2.45. The normalized spacial score (nSPS) is 20.5. The molecule has 1 heterocycles. The van der Waals surface area contributed by atoms with Crippen LogP contribution in [0.1, 0.15) is 25.3 Å². The number of nitrogens with one attached hydrogen (secondary N) is 1. The first-order valence-corrected chi connectivity index (χ1v) is 7.78. The van der Waals surface area contributed by atoms with E-state index in [1.807, 2.05) is 6.07 Å². The van der Waals surface area contributed by atoms with Crippen molar-refractivity contribution >= 4 is 0 Å². The van der Waals surface area contributed by atoms with Crippen LogP contribution in [0.4, 0.5) is 0 Å². The Morgan fingerprint density at radius 2 is 2.05 bits per heavy atom. The van der Waals surface area contributed by atoms with Crippen LogP contribution in [0.2, 0.25) is 0 Å². The quantitative estimate of drug-likeness (QED) is 0.836. The van der Waals surface area contributed by atoms with E-state index in [1.165, 1.54) is 24.9 Å². The third-order valence-corrected chi connectivity index (χ3v) is 4.36. The Hall–Kier alpha value is -1.26. The summed E-state index contributed by atoms with van der Waals surface area (Å²) < 4.78 is 10.6. The van der Waals surface area contributed by atoms with E-state index in [0.717, 1.165) is 24.5 Å². The van der Waals surface area contributed by atoms with Crippen molar-refractivity contribution in [2.24, 2.45) is 0 Å². The van der Waals surface area contributed by atoms with E-state index in [0.29, 0.717) is 12.1 Å². The molecule has 1 N–H and O–H groups in total. The molecule has 2 atom stereocenters. The van der Waals surface area contributed by atoms with Crippen molar-refractivity contribution in [3.05, 3.63) is 23.8 Å². The molecule has 1 fully saturated rings. The summed E-state index contributed by atoms with van der Waals surface area (Å²) in [5.74, 6) is 1.59. The minimum absolute atomic E-state index is 0.456. The monoisotopic (exact) mass is 292 g/mol. The van der Waals surface area contributed by atoms with Crippen molar-refractivity contribution < 1.29 is 9.47 Å². The molecule has 1 aliphatic rings. The maximum atomic E-state index is 5.36. The third kappa shape index (κ3) is 4.35.